The molecule has 1 aromatic rings. The topological polar surface area (TPSA) is 26.0 Å². The van der Waals surface area contributed by atoms with Crippen molar-refractivity contribution in [3.63, 3.8) is 0 Å². The standard InChI is InChI=1S/C16H25NS/c1-13-6-5-7-14(10-13)12-18-16-9-4-2-3-8-15(16)11-17/h5-7,10,15-16H,2-4,8-9,11-12,17H2,1H3. The van der Waals surface area contributed by atoms with Gasteiger partial charge in [0, 0.05) is 11.0 Å². The van der Waals surface area contributed by atoms with Crippen LogP contribution in [0.3, 0.4) is 0 Å². The number of benzene rings is 1. The minimum Gasteiger partial charge on any atom is -0.330 e. The minimum absolute atomic E-state index is 0.738. The number of aryl methyl sites for hydroxylation is 1. The predicted molar refractivity (Wildman–Crippen MR) is 81.9 cm³/mol. The Hall–Kier alpha value is -0.470. The summed E-state index contributed by atoms with van der Waals surface area (Å²) in [5.41, 5.74) is 8.77. The van der Waals surface area contributed by atoms with Gasteiger partial charge in [-0.25, -0.2) is 0 Å². The van der Waals surface area contributed by atoms with Crippen LogP contribution in [0.5, 0.6) is 0 Å². The van der Waals surface area contributed by atoms with Crippen LogP contribution in [0.1, 0.15) is 43.2 Å². The molecule has 2 rings (SSSR count). The maximum atomic E-state index is 5.94. The third-order valence-electron chi connectivity index (χ3n) is 3.94. The van der Waals surface area contributed by atoms with Crippen LogP contribution < -0.4 is 5.73 Å². The summed E-state index contributed by atoms with van der Waals surface area (Å²) in [7, 11) is 0. The van der Waals surface area contributed by atoms with Crippen LogP contribution in [0.2, 0.25) is 0 Å². The van der Waals surface area contributed by atoms with E-state index in [1.807, 2.05) is 0 Å². The molecule has 0 aliphatic heterocycles. The summed E-state index contributed by atoms with van der Waals surface area (Å²) in [6.07, 6.45) is 6.86. The first-order valence-corrected chi connectivity index (χ1v) is 8.21. The van der Waals surface area contributed by atoms with Crippen molar-refractivity contribution in [1.29, 1.82) is 0 Å². The highest BCUT2D eigenvalue weighted by Gasteiger charge is 2.22. The molecular weight excluding hydrogens is 238 g/mol. The molecule has 0 saturated heterocycles. The second kappa shape index (κ2) is 7.20. The van der Waals surface area contributed by atoms with Crippen molar-refractivity contribution in [2.75, 3.05) is 6.54 Å². The molecule has 0 radical (unpaired) electrons. The van der Waals surface area contributed by atoms with E-state index in [1.165, 1.54) is 43.2 Å². The summed E-state index contributed by atoms with van der Waals surface area (Å²) in [5, 5.41) is 0.776. The highest BCUT2D eigenvalue weighted by atomic mass is 32.2. The Morgan fingerprint density at radius 2 is 2.06 bits per heavy atom. The van der Waals surface area contributed by atoms with Crippen molar-refractivity contribution < 1.29 is 0 Å². The van der Waals surface area contributed by atoms with E-state index in [-0.39, 0.29) is 0 Å². The highest BCUT2D eigenvalue weighted by molar-refractivity contribution is 7.99. The first-order chi connectivity index (χ1) is 8.79. The molecule has 0 amide bonds. The normalized spacial score (nSPS) is 24.8. The Labute approximate surface area is 116 Å². The van der Waals surface area contributed by atoms with Crippen molar-refractivity contribution in [1.82, 2.24) is 0 Å². The Balaban J connectivity index is 1.91. The van der Waals surface area contributed by atoms with Gasteiger partial charge in [-0.3, -0.25) is 0 Å². The van der Waals surface area contributed by atoms with Crippen LogP contribution in [0, 0.1) is 12.8 Å². The van der Waals surface area contributed by atoms with Gasteiger partial charge in [0.1, 0.15) is 0 Å². The van der Waals surface area contributed by atoms with Crippen LogP contribution in [0.25, 0.3) is 0 Å². The second-order valence-corrected chi connectivity index (χ2v) is 6.70. The molecule has 2 atom stereocenters. The van der Waals surface area contributed by atoms with Crippen molar-refractivity contribution in [2.45, 2.75) is 50.0 Å². The number of rotatable bonds is 4. The average Bonchev–Trinajstić information content (AvgIpc) is 2.61. The van der Waals surface area contributed by atoms with E-state index in [0.717, 1.165) is 23.5 Å². The Bertz CT molecular complexity index is 364. The second-order valence-electron chi connectivity index (χ2n) is 5.47. The van der Waals surface area contributed by atoms with E-state index in [0.29, 0.717) is 0 Å². The molecule has 0 aromatic heterocycles. The summed E-state index contributed by atoms with van der Waals surface area (Å²) >= 11 is 2.13. The predicted octanol–water partition coefficient (Wildman–Crippen LogP) is 4.14. The zero-order chi connectivity index (χ0) is 12.8. The lowest BCUT2D eigenvalue weighted by Gasteiger charge is -2.23. The van der Waals surface area contributed by atoms with Gasteiger partial charge in [0.2, 0.25) is 0 Å². The van der Waals surface area contributed by atoms with Crippen LogP contribution in [0.15, 0.2) is 24.3 Å². The minimum atomic E-state index is 0.738. The van der Waals surface area contributed by atoms with Gasteiger partial charge in [-0.05, 0) is 37.8 Å². The van der Waals surface area contributed by atoms with Gasteiger partial charge >= 0.3 is 0 Å². The molecule has 100 valence electrons. The maximum absolute atomic E-state index is 5.94. The number of nitrogens with two attached hydrogens (primary N) is 1. The maximum Gasteiger partial charge on any atom is 0.0187 e. The van der Waals surface area contributed by atoms with E-state index in [9.17, 15) is 0 Å². The largest absolute Gasteiger partial charge is 0.330 e. The molecule has 0 heterocycles. The number of thioether (sulfide) groups is 1. The Kier molecular flexibility index (Phi) is 5.58. The van der Waals surface area contributed by atoms with E-state index in [1.54, 1.807) is 0 Å². The summed E-state index contributed by atoms with van der Waals surface area (Å²) in [6, 6.07) is 8.89. The van der Waals surface area contributed by atoms with Crippen LogP contribution in [-0.4, -0.2) is 11.8 Å². The smallest absolute Gasteiger partial charge is 0.0187 e. The van der Waals surface area contributed by atoms with Crippen LogP contribution in [-0.2, 0) is 5.75 Å². The molecule has 1 aromatic carbocycles. The molecule has 2 N–H and O–H groups in total. The summed E-state index contributed by atoms with van der Waals surface area (Å²) in [6.45, 7) is 3.04. The average molecular weight is 263 g/mol. The van der Waals surface area contributed by atoms with Gasteiger partial charge in [0.05, 0.1) is 0 Å². The molecule has 0 spiro atoms. The zero-order valence-electron chi connectivity index (χ0n) is 11.4. The SMILES string of the molecule is Cc1cccc(CSC2CCCCCC2CN)c1. The van der Waals surface area contributed by atoms with Gasteiger partial charge in [-0.15, -0.1) is 0 Å². The fourth-order valence-corrected chi connectivity index (χ4v) is 4.28. The molecule has 1 aliphatic carbocycles. The van der Waals surface area contributed by atoms with Crippen molar-refractivity contribution in [2.24, 2.45) is 11.7 Å². The highest BCUT2D eigenvalue weighted by Crippen LogP contribution is 2.33. The first kappa shape index (κ1) is 14.0. The lowest BCUT2D eigenvalue weighted by atomic mass is 10.0. The van der Waals surface area contributed by atoms with E-state index >= 15 is 0 Å². The van der Waals surface area contributed by atoms with E-state index < -0.39 is 0 Å². The number of hydrogen-bond donors (Lipinski definition) is 1. The fourth-order valence-electron chi connectivity index (χ4n) is 2.84. The quantitative estimate of drug-likeness (QED) is 0.826. The molecule has 2 heteroatoms. The van der Waals surface area contributed by atoms with Gasteiger partial charge in [0.25, 0.3) is 0 Å². The Morgan fingerprint density at radius 3 is 2.83 bits per heavy atom. The zero-order valence-corrected chi connectivity index (χ0v) is 12.2. The fraction of sp³-hybridized carbons (Fsp3) is 0.625. The summed E-state index contributed by atoms with van der Waals surface area (Å²) in [4.78, 5) is 0. The van der Waals surface area contributed by atoms with Crippen molar-refractivity contribution >= 4 is 11.8 Å². The van der Waals surface area contributed by atoms with Crippen LogP contribution in [0.4, 0.5) is 0 Å². The molecule has 1 fully saturated rings. The molecule has 2 unspecified atom stereocenters. The Morgan fingerprint density at radius 1 is 1.22 bits per heavy atom. The van der Waals surface area contributed by atoms with Crippen molar-refractivity contribution in [3.05, 3.63) is 35.4 Å². The van der Waals surface area contributed by atoms with Gasteiger partial charge < -0.3 is 5.73 Å². The number of hydrogen-bond acceptors (Lipinski definition) is 2. The van der Waals surface area contributed by atoms with Crippen molar-refractivity contribution in [3.8, 4) is 0 Å². The molecular formula is C16H25NS. The molecule has 1 saturated carbocycles. The summed E-state index contributed by atoms with van der Waals surface area (Å²) in [5.74, 6) is 1.88. The molecule has 1 nitrogen and oxygen atoms in total. The third-order valence-corrected chi connectivity index (χ3v) is 5.49. The van der Waals surface area contributed by atoms with E-state index in [2.05, 4.69) is 43.0 Å². The van der Waals surface area contributed by atoms with E-state index in [4.69, 9.17) is 5.73 Å². The first-order valence-electron chi connectivity index (χ1n) is 7.17. The molecule has 18 heavy (non-hydrogen) atoms. The lowest BCUT2D eigenvalue weighted by molar-refractivity contribution is 0.483. The van der Waals surface area contributed by atoms with Crippen LogP contribution >= 0.6 is 11.8 Å². The van der Waals surface area contributed by atoms with Gasteiger partial charge in [0.15, 0.2) is 0 Å². The lowest BCUT2D eigenvalue weighted by Crippen LogP contribution is -2.24. The molecule has 1 aliphatic rings. The van der Waals surface area contributed by atoms with Gasteiger partial charge in [-0.1, -0.05) is 49.1 Å². The molecule has 0 bridgehead atoms. The summed E-state index contributed by atoms with van der Waals surface area (Å²) < 4.78 is 0. The third kappa shape index (κ3) is 4.03. The van der Waals surface area contributed by atoms with Gasteiger partial charge in [-0.2, -0.15) is 11.8 Å². The monoisotopic (exact) mass is 263 g/mol.